The van der Waals surface area contributed by atoms with Crippen LogP contribution in [0.4, 0.5) is 0 Å². The molecule has 0 atom stereocenters. The summed E-state index contributed by atoms with van der Waals surface area (Å²) in [7, 11) is 0. The molecule has 8 nitrogen and oxygen atoms in total. The Morgan fingerprint density at radius 2 is 1.60 bits per heavy atom. The number of hydrogen-bond donors (Lipinski definition) is 1. The maximum Gasteiger partial charge on any atom is 0.582 e. The number of nitrogens with zero attached hydrogens (tertiary/aromatic N) is 3. The van der Waals surface area contributed by atoms with Crippen molar-refractivity contribution < 1.29 is 9.85 Å². The molecule has 4 N–H and O–H groups in total. The van der Waals surface area contributed by atoms with Crippen LogP contribution < -0.4 is 6.15 Å². The maximum atomic E-state index is 9.48. The van der Waals surface area contributed by atoms with Crippen LogP contribution in [-0.4, -0.2) is 15.7 Å². The standard InChI is InChI=1S/C2N3O4.H3N/c3-1-2(4(6)7)5(8)9;/h;1H3/q-1;/p+1. The normalized spacial score (nSPS) is 6.80. The first-order chi connectivity index (χ1) is 4.09. The Morgan fingerprint density at radius 3 is 1.60 bits per heavy atom. The van der Waals surface area contributed by atoms with Crippen LogP contribution in [0.15, 0.2) is 5.82 Å². The van der Waals surface area contributed by atoms with Gasteiger partial charge in [-0.2, -0.15) is 0 Å². The molecule has 0 saturated carbocycles. The van der Waals surface area contributed by atoms with Crippen LogP contribution >= 0.6 is 0 Å². The molecule has 0 saturated heterocycles. The van der Waals surface area contributed by atoms with E-state index in [1.165, 1.54) is 0 Å². The lowest BCUT2D eigenvalue weighted by Crippen LogP contribution is -2.08. The van der Waals surface area contributed by atoms with Crippen molar-refractivity contribution in [2.75, 3.05) is 0 Å². The third-order valence-electron chi connectivity index (χ3n) is 0.446. The first kappa shape index (κ1) is 11.1. The first-order valence-electron chi connectivity index (χ1n) is 1.65. The summed E-state index contributed by atoms with van der Waals surface area (Å²) >= 11 is 0. The molecule has 0 radical (unpaired) electrons. The van der Waals surface area contributed by atoms with E-state index in [1.54, 1.807) is 0 Å². The minimum Gasteiger partial charge on any atom is -0.752 e. The molecule has 8 heteroatoms. The summed E-state index contributed by atoms with van der Waals surface area (Å²) in [5, 5.41) is 26.6. The second kappa shape index (κ2) is 4.13. The Hall–Kier alpha value is -1.79. The van der Waals surface area contributed by atoms with Gasteiger partial charge in [-0.15, -0.1) is 5.87 Å². The highest BCUT2D eigenvalue weighted by Crippen LogP contribution is 1.87. The topological polar surface area (TPSA) is 145 Å². The van der Waals surface area contributed by atoms with Gasteiger partial charge < -0.3 is 11.6 Å². The zero-order valence-electron chi connectivity index (χ0n) is 4.97. The van der Waals surface area contributed by atoms with Crippen LogP contribution in [0.2, 0.25) is 0 Å². The van der Waals surface area contributed by atoms with Crippen molar-refractivity contribution in [1.82, 2.24) is 6.15 Å². The van der Waals surface area contributed by atoms with E-state index in [0.717, 1.165) is 5.87 Å². The van der Waals surface area contributed by atoms with Gasteiger partial charge in [0.25, 0.3) is 0 Å². The lowest BCUT2D eigenvalue weighted by molar-refractivity contribution is -0.612. The predicted octanol–water partition coefficient (Wildman–Crippen LogP) is -0.00350. The first-order valence-corrected chi connectivity index (χ1v) is 1.65. The van der Waals surface area contributed by atoms with Gasteiger partial charge in [0.05, 0.1) is 0 Å². The van der Waals surface area contributed by atoms with E-state index >= 15 is 0 Å². The van der Waals surface area contributed by atoms with Crippen LogP contribution in [0.3, 0.4) is 0 Å². The molecule has 0 aliphatic rings. The monoisotopic (exact) mass is 148 g/mol. The van der Waals surface area contributed by atoms with E-state index in [1.807, 2.05) is 0 Å². The zero-order chi connectivity index (χ0) is 7.44. The van der Waals surface area contributed by atoms with E-state index < -0.39 is 15.7 Å². The molecule has 0 aromatic heterocycles. The lowest BCUT2D eigenvalue weighted by atomic mass is 10.8. The largest absolute Gasteiger partial charge is 0.752 e. The third-order valence-corrected chi connectivity index (χ3v) is 0.446. The van der Waals surface area contributed by atoms with Gasteiger partial charge in [-0.25, -0.2) is 0 Å². The summed E-state index contributed by atoms with van der Waals surface area (Å²) in [6, 6.07) is 0. The van der Waals surface area contributed by atoms with Gasteiger partial charge in [-0.05, 0) is 0 Å². The predicted molar refractivity (Wildman–Crippen MR) is 31.9 cm³/mol. The fraction of sp³-hybridized carbons (Fsp3) is 0. The molecular formula is C2H4N4O4. The molecule has 0 spiro atoms. The van der Waals surface area contributed by atoms with E-state index in [2.05, 4.69) is 0 Å². The third kappa shape index (κ3) is 2.50. The molecule has 10 heavy (non-hydrogen) atoms. The summed E-state index contributed by atoms with van der Waals surface area (Å²) in [5.74, 6) is -0.741. The van der Waals surface area contributed by atoms with E-state index in [-0.39, 0.29) is 6.15 Å². The molecule has 0 fully saturated rings. The van der Waals surface area contributed by atoms with Gasteiger partial charge >= 0.3 is 5.82 Å². The van der Waals surface area contributed by atoms with E-state index in [0.29, 0.717) is 0 Å². The second-order valence-electron chi connectivity index (χ2n) is 0.950. The van der Waals surface area contributed by atoms with Crippen LogP contribution in [0.25, 0.3) is 5.41 Å². The number of nitro groups is 2. The smallest absolute Gasteiger partial charge is 0.582 e. The molecule has 0 aromatic carbocycles. The minimum atomic E-state index is -1.56. The molecule has 0 bridgehead atoms. The van der Waals surface area contributed by atoms with Crippen molar-refractivity contribution in [2.45, 2.75) is 0 Å². The zero-order valence-corrected chi connectivity index (χ0v) is 4.97. The van der Waals surface area contributed by atoms with E-state index in [9.17, 15) is 20.2 Å². The van der Waals surface area contributed by atoms with Crippen molar-refractivity contribution in [3.05, 3.63) is 31.5 Å². The quantitative estimate of drug-likeness (QED) is 0.333. The highest BCUT2D eigenvalue weighted by atomic mass is 16.7. The fourth-order valence-corrected chi connectivity index (χ4v) is 0.148. The Kier molecular flexibility index (Phi) is 4.57. The molecular weight excluding hydrogens is 144 g/mol. The highest BCUT2D eigenvalue weighted by Gasteiger charge is 2.20. The Labute approximate surface area is 54.5 Å². The summed E-state index contributed by atoms with van der Waals surface area (Å²) < 4.78 is 0. The minimum absolute atomic E-state index is 0. The Bertz CT molecular complexity index is 187. The number of rotatable bonds is 2. The van der Waals surface area contributed by atoms with Crippen LogP contribution in [0, 0.1) is 20.2 Å². The summed E-state index contributed by atoms with van der Waals surface area (Å²) in [5.41, 5.74) is 0. The van der Waals surface area contributed by atoms with Crippen molar-refractivity contribution in [3.63, 3.8) is 0 Å². The Balaban J connectivity index is 0. The highest BCUT2D eigenvalue weighted by molar-refractivity contribution is 5.55. The summed E-state index contributed by atoms with van der Waals surface area (Å²) in [6.07, 6.45) is 0. The number of quaternary nitrogens is 1. The molecule has 0 aliphatic heterocycles. The summed E-state index contributed by atoms with van der Waals surface area (Å²) in [6.45, 7) is 0. The van der Waals surface area contributed by atoms with Crippen LogP contribution in [-0.2, 0) is 0 Å². The molecule has 0 unspecified atom stereocenters. The van der Waals surface area contributed by atoms with Crippen LogP contribution in [0.5, 0.6) is 0 Å². The van der Waals surface area contributed by atoms with Gasteiger partial charge in [0.2, 0.25) is 0 Å². The van der Waals surface area contributed by atoms with E-state index in [4.69, 9.17) is 5.41 Å². The average molecular weight is 148 g/mol. The molecule has 0 rings (SSSR count). The molecule has 0 aromatic rings. The van der Waals surface area contributed by atoms with Crippen LogP contribution in [0.1, 0.15) is 0 Å². The van der Waals surface area contributed by atoms with Gasteiger partial charge in [0, 0.05) is 0 Å². The maximum absolute atomic E-state index is 9.48. The fourth-order valence-electron chi connectivity index (χ4n) is 0.148. The SMILES string of the molecule is [N-]=C=C([N+](=O)[O-])[N+](=O)[O-].[NH4+]. The number of hydrogen-bond acceptors (Lipinski definition) is 4. The average Bonchev–Trinajstić information content (AvgIpc) is 1.64. The van der Waals surface area contributed by atoms with Gasteiger partial charge in [0.1, 0.15) is 9.85 Å². The second-order valence-corrected chi connectivity index (χ2v) is 0.950. The molecule has 0 heterocycles. The van der Waals surface area contributed by atoms with Crippen molar-refractivity contribution >= 4 is 5.87 Å². The summed E-state index contributed by atoms with van der Waals surface area (Å²) in [4.78, 5) is 16.3. The van der Waals surface area contributed by atoms with Crippen molar-refractivity contribution in [1.29, 1.82) is 0 Å². The van der Waals surface area contributed by atoms with Crippen molar-refractivity contribution in [2.24, 2.45) is 0 Å². The Morgan fingerprint density at radius 1 is 1.30 bits per heavy atom. The molecule has 0 aliphatic carbocycles. The van der Waals surface area contributed by atoms with Crippen molar-refractivity contribution in [3.8, 4) is 0 Å². The lowest BCUT2D eigenvalue weighted by Gasteiger charge is -1.82. The van der Waals surface area contributed by atoms with Gasteiger partial charge in [-0.1, -0.05) is 0 Å². The van der Waals surface area contributed by atoms with Gasteiger partial charge in [0.15, 0.2) is 0 Å². The molecule has 0 amide bonds. The molecule has 56 valence electrons. The van der Waals surface area contributed by atoms with Gasteiger partial charge in [-0.3, -0.25) is 20.2 Å².